The van der Waals surface area contributed by atoms with E-state index in [1.165, 1.54) is 18.4 Å². The lowest BCUT2D eigenvalue weighted by molar-refractivity contribution is 0.206. The molecule has 0 aliphatic carbocycles. The zero-order valence-corrected chi connectivity index (χ0v) is 11.3. The molecule has 1 atom stereocenters. The van der Waals surface area contributed by atoms with Gasteiger partial charge in [0.15, 0.2) is 0 Å². The van der Waals surface area contributed by atoms with Crippen molar-refractivity contribution in [3.05, 3.63) is 29.8 Å². The molecule has 17 heavy (non-hydrogen) atoms. The van der Waals surface area contributed by atoms with E-state index in [1.807, 2.05) is 18.2 Å². The van der Waals surface area contributed by atoms with Crippen molar-refractivity contribution in [3.8, 4) is 5.75 Å². The van der Waals surface area contributed by atoms with Crippen molar-refractivity contribution in [1.82, 2.24) is 5.32 Å². The van der Waals surface area contributed by atoms with Gasteiger partial charge in [-0.2, -0.15) is 0 Å². The smallest absolute Gasteiger partial charge is 0.122 e. The minimum atomic E-state index is 0.291. The van der Waals surface area contributed by atoms with E-state index in [2.05, 4.69) is 32.2 Å². The van der Waals surface area contributed by atoms with Crippen molar-refractivity contribution in [1.29, 1.82) is 0 Å². The molecule has 0 amide bonds. The van der Waals surface area contributed by atoms with E-state index >= 15 is 0 Å². The van der Waals surface area contributed by atoms with Crippen molar-refractivity contribution in [2.24, 2.45) is 0 Å². The normalized spacial score (nSPS) is 12.4. The summed E-state index contributed by atoms with van der Waals surface area (Å²) in [6.45, 7) is 8.64. The molecule has 0 aliphatic heterocycles. The highest BCUT2D eigenvalue weighted by Crippen LogP contribution is 2.18. The Balaban J connectivity index is 2.21. The molecule has 1 aromatic rings. The second-order valence-corrected chi connectivity index (χ2v) is 4.59. The van der Waals surface area contributed by atoms with Crippen LogP contribution in [0.25, 0.3) is 0 Å². The number of hydrogen-bond donors (Lipinski definition) is 1. The first-order valence-corrected chi connectivity index (χ1v) is 6.67. The highest BCUT2D eigenvalue weighted by Gasteiger charge is 2.05. The van der Waals surface area contributed by atoms with Gasteiger partial charge in [0, 0.05) is 0 Å². The second kappa shape index (κ2) is 8.13. The lowest BCUT2D eigenvalue weighted by atomic mass is 10.2. The fourth-order valence-corrected chi connectivity index (χ4v) is 1.78. The third kappa shape index (κ3) is 5.73. The number of aryl methyl sites for hydroxylation is 1. The molecule has 1 rings (SSSR count). The molecule has 2 heteroatoms. The van der Waals surface area contributed by atoms with Crippen LogP contribution in [0.1, 0.15) is 38.7 Å². The molecule has 1 unspecified atom stereocenters. The fourth-order valence-electron chi connectivity index (χ4n) is 1.78. The van der Waals surface area contributed by atoms with Crippen molar-refractivity contribution in [2.45, 2.75) is 46.1 Å². The van der Waals surface area contributed by atoms with E-state index in [0.29, 0.717) is 6.10 Å². The fraction of sp³-hybridized carbons (Fsp3) is 0.600. The maximum Gasteiger partial charge on any atom is 0.122 e. The Labute approximate surface area is 105 Å². The van der Waals surface area contributed by atoms with E-state index in [0.717, 1.165) is 25.3 Å². The zero-order valence-electron chi connectivity index (χ0n) is 11.3. The van der Waals surface area contributed by atoms with E-state index in [9.17, 15) is 0 Å². The summed E-state index contributed by atoms with van der Waals surface area (Å²) < 4.78 is 5.92. The van der Waals surface area contributed by atoms with E-state index in [-0.39, 0.29) is 0 Å². The molecule has 0 spiro atoms. The van der Waals surface area contributed by atoms with Gasteiger partial charge in [-0.25, -0.2) is 0 Å². The van der Waals surface area contributed by atoms with Gasteiger partial charge < -0.3 is 10.1 Å². The third-order valence-electron chi connectivity index (χ3n) is 2.81. The molecule has 0 heterocycles. The first-order valence-electron chi connectivity index (χ1n) is 6.67. The average Bonchev–Trinajstić information content (AvgIpc) is 2.32. The molecular weight excluding hydrogens is 210 g/mol. The van der Waals surface area contributed by atoms with Crippen molar-refractivity contribution < 1.29 is 4.74 Å². The standard InChI is InChI=1S/C15H25NO/c1-4-11-16-12-7-9-14(3)17-15-10-6-5-8-13(15)2/h5-6,8,10,14,16H,4,7,9,11-12H2,1-3H3. The molecule has 0 aliphatic rings. The summed E-state index contributed by atoms with van der Waals surface area (Å²) >= 11 is 0. The van der Waals surface area contributed by atoms with Gasteiger partial charge in [0.1, 0.15) is 5.75 Å². The first kappa shape index (κ1) is 14.0. The maximum atomic E-state index is 5.92. The summed E-state index contributed by atoms with van der Waals surface area (Å²) in [5, 5.41) is 3.41. The molecule has 2 nitrogen and oxygen atoms in total. The molecule has 0 bridgehead atoms. The maximum absolute atomic E-state index is 5.92. The van der Waals surface area contributed by atoms with Crippen LogP contribution in [0.3, 0.4) is 0 Å². The minimum Gasteiger partial charge on any atom is -0.490 e. The monoisotopic (exact) mass is 235 g/mol. The second-order valence-electron chi connectivity index (χ2n) is 4.59. The van der Waals surface area contributed by atoms with Crippen LogP contribution in [-0.2, 0) is 0 Å². The van der Waals surface area contributed by atoms with Crippen molar-refractivity contribution in [2.75, 3.05) is 13.1 Å². The molecule has 0 aromatic heterocycles. The summed E-state index contributed by atoms with van der Waals surface area (Å²) in [4.78, 5) is 0. The van der Waals surface area contributed by atoms with Crippen LogP contribution in [0.2, 0.25) is 0 Å². The van der Waals surface area contributed by atoms with Gasteiger partial charge in [-0.15, -0.1) is 0 Å². The Morgan fingerprint density at radius 3 is 2.71 bits per heavy atom. The highest BCUT2D eigenvalue weighted by atomic mass is 16.5. The highest BCUT2D eigenvalue weighted by molar-refractivity contribution is 5.31. The van der Waals surface area contributed by atoms with E-state index < -0.39 is 0 Å². The Morgan fingerprint density at radius 2 is 2.00 bits per heavy atom. The van der Waals surface area contributed by atoms with Crippen LogP contribution in [0.5, 0.6) is 5.75 Å². The van der Waals surface area contributed by atoms with Crippen molar-refractivity contribution in [3.63, 3.8) is 0 Å². The lowest BCUT2D eigenvalue weighted by Gasteiger charge is -2.16. The van der Waals surface area contributed by atoms with Crippen LogP contribution in [0.15, 0.2) is 24.3 Å². The summed E-state index contributed by atoms with van der Waals surface area (Å²) in [5.41, 5.74) is 1.21. The van der Waals surface area contributed by atoms with Crippen LogP contribution in [0.4, 0.5) is 0 Å². The summed E-state index contributed by atoms with van der Waals surface area (Å²) in [5.74, 6) is 1.02. The largest absolute Gasteiger partial charge is 0.490 e. The molecule has 0 fully saturated rings. The zero-order chi connectivity index (χ0) is 12.5. The molecule has 0 saturated heterocycles. The lowest BCUT2D eigenvalue weighted by Crippen LogP contribution is -2.19. The predicted octanol–water partition coefficient (Wildman–Crippen LogP) is 3.54. The Bertz CT molecular complexity index is 312. The van der Waals surface area contributed by atoms with Gasteiger partial charge in [0.2, 0.25) is 0 Å². The number of rotatable bonds is 8. The molecule has 0 saturated carbocycles. The molecular formula is C15H25NO. The number of ether oxygens (including phenoxy) is 1. The Kier molecular flexibility index (Phi) is 6.71. The predicted molar refractivity (Wildman–Crippen MR) is 73.7 cm³/mol. The van der Waals surface area contributed by atoms with Gasteiger partial charge in [-0.3, -0.25) is 0 Å². The first-order chi connectivity index (χ1) is 8.24. The SMILES string of the molecule is CCCNCCCC(C)Oc1ccccc1C. The summed E-state index contributed by atoms with van der Waals surface area (Å²) in [6.07, 6.45) is 3.77. The average molecular weight is 235 g/mol. The van der Waals surface area contributed by atoms with Crippen LogP contribution < -0.4 is 10.1 Å². The quantitative estimate of drug-likeness (QED) is 0.696. The topological polar surface area (TPSA) is 21.3 Å². The Hall–Kier alpha value is -1.02. The number of hydrogen-bond acceptors (Lipinski definition) is 2. The molecule has 1 aromatic carbocycles. The third-order valence-corrected chi connectivity index (χ3v) is 2.81. The number of benzene rings is 1. The van der Waals surface area contributed by atoms with Crippen LogP contribution in [-0.4, -0.2) is 19.2 Å². The van der Waals surface area contributed by atoms with Crippen molar-refractivity contribution >= 4 is 0 Å². The van der Waals surface area contributed by atoms with E-state index in [1.54, 1.807) is 0 Å². The molecule has 0 radical (unpaired) electrons. The van der Waals surface area contributed by atoms with E-state index in [4.69, 9.17) is 4.74 Å². The van der Waals surface area contributed by atoms with Gasteiger partial charge in [-0.05, 0) is 57.8 Å². The number of nitrogens with one attached hydrogen (secondary N) is 1. The molecule has 1 N–H and O–H groups in total. The summed E-state index contributed by atoms with van der Waals surface area (Å²) in [6, 6.07) is 8.20. The van der Waals surface area contributed by atoms with Crippen LogP contribution in [0, 0.1) is 6.92 Å². The minimum absolute atomic E-state index is 0.291. The van der Waals surface area contributed by atoms with Gasteiger partial charge in [-0.1, -0.05) is 25.1 Å². The van der Waals surface area contributed by atoms with Gasteiger partial charge in [0.05, 0.1) is 6.10 Å². The van der Waals surface area contributed by atoms with Gasteiger partial charge >= 0.3 is 0 Å². The molecule has 96 valence electrons. The van der Waals surface area contributed by atoms with Crippen LogP contribution >= 0.6 is 0 Å². The summed E-state index contributed by atoms with van der Waals surface area (Å²) in [7, 11) is 0. The number of para-hydroxylation sites is 1. The van der Waals surface area contributed by atoms with Gasteiger partial charge in [0.25, 0.3) is 0 Å². The Morgan fingerprint density at radius 1 is 1.24 bits per heavy atom.